The number of amides is 1. The normalized spacial score (nSPS) is 15.5. The third-order valence-corrected chi connectivity index (χ3v) is 2.67. The summed E-state index contributed by atoms with van der Waals surface area (Å²) >= 11 is 5.17. The molecule has 4 heteroatoms. The molecule has 0 saturated carbocycles. The van der Waals surface area contributed by atoms with E-state index >= 15 is 0 Å². The van der Waals surface area contributed by atoms with E-state index in [2.05, 4.69) is 5.32 Å². The van der Waals surface area contributed by atoms with Gasteiger partial charge in [0.2, 0.25) is 5.91 Å². The lowest BCUT2D eigenvalue weighted by atomic mass is 10.3. The van der Waals surface area contributed by atoms with Crippen LogP contribution >= 0.6 is 12.2 Å². The summed E-state index contributed by atoms with van der Waals surface area (Å²) in [5.41, 5.74) is 0.919. The van der Waals surface area contributed by atoms with Gasteiger partial charge in [0.15, 0.2) is 5.11 Å². The Morgan fingerprint density at radius 3 is 2.67 bits per heavy atom. The van der Waals surface area contributed by atoms with Crippen LogP contribution in [0.5, 0.6) is 0 Å². The molecule has 0 radical (unpaired) electrons. The fourth-order valence-electron chi connectivity index (χ4n) is 1.58. The summed E-state index contributed by atoms with van der Waals surface area (Å²) in [6, 6.07) is 9.64. The molecule has 1 aromatic rings. The summed E-state index contributed by atoms with van der Waals surface area (Å²) in [4.78, 5) is 13.0. The number of para-hydroxylation sites is 1. The number of rotatable bonds is 1. The molecule has 0 atom stereocenters. The topological polar surface area (TPSA) is 32.3 Å². The van der Waals surface area contributed by atoms with Gasteiger partial charge in [-0.05, 0) is 30.8 Å². The molecule has 1 saturated heterocycles. The van der Waals surface area contributed by atoms with Crippen molar-refractivity contribution in [2.24, 2.45) is 0 Å². The minimum atomic E-state index is 0.114. The number of hydrogen-bond donors (Lipinski definition) is 1. The van der Waals surface area contributed by atoms with Crippen molar-refractivity contribution in [3.05, 3.63) is 30.3 Å². The molecule has 1 aliphatic heterocycles. The van der Waals surface area contributed by atoms with Crippen LogP contribution in [0, 0.1) is 0 Å². The summed E-state index contributed by atoms with van der Waals surface area (Å²) in [7, 11) is 0. The number of nitrogens with one attached hydrogen (secondary N) is 1. The summed E-state index contributed by atoms with van der Waals surface area (Å²) in [6.07, 6.45) is 1.51. The zero-order valence-corrected chi connectivity index (χ0v) is 9.09. The molecule has 15 heavy (non-hydrogen) atoms. The molecule has 1 fully saturated rings. The van der Waals surface area contributed by atoms with Crippen LogP contribution < -0.4 is 5.32 Å². The molecule has 0 spiro atoms. The second-order valence-electron chi connectivity index (χ2n) is 3.45. The van der Waals surface area contributed by atoms with Crippen molar-refractivity contribution >= 4 is 28.9 Å². The lowest BCUT2D eigenvalue weighted by Gasteiger charge is -2.17. The monoisotopic (exact) mass is 220 g/mol. The van der Waals surface area contributed by atoms with E-state index in [4.69, 9.17) is 12.2 Å². The van der Waals surface area contributed by atoms with Gasteiger partial charge in [-0.3, -0.25) is 9.69 Å². The fraction of sp³-hybridized carbons (Fsp3) is 0.273. The molecule has 0 bridgehead atoms. The maximum atomic E-state index is 11.4. The summed E-state index contributed by atoms with van der Waals surface area (Å²) in [6.45, 7) is 0.734. The van der Waals surface area contributed by atoms with Gasteiger partial charge < -0.3 is 5.32 Å². The number of carbonyl (C=O) groups excluding carboxylic acids is 1. The van der Waals surface area contributed by atoms with Gasteiger partial charge in [-0.1, -0.05) is 18.2 Å². The van der Waals surface area contributed by atoms with E-state index in [0.717, 1.165) is 18.7 Å². The zero-order valence-electron chi connectivity index (χ0n) is 8.27. The van der Waals surface area contributed by atoms with E-state index in [1.807, 2.05) is 30.3 Å². The molecule has 1 heterocycles. The van der Waals surface area contributed by atoms with Gasteiger partial charge in [0, 0.05) is 18.7 Å². The van der Waals surface area contributed by atoms with E-state index < -0.39 is 0 Å². The van der Waals surface area contributed by atoms with E-state index in [-0.39, 0.29) is 5.91 Å². The second-order valence-corrected chi connectivity index (χ2v) is 3.83. The van der Waals surface area contributed by atoms with Crippen LogP contribution in [0.25, 0.3) is 0 Å². The van der Waals surface area contributed by atoms with Crippen LogP contribution in [0.15, 0.2) is 30.3 Å². The number of thiocarbonyl (C=S) groups is 1. The summed E-state index contributed by atoms with van der Waals surface area (Å²) in [5.74, 6) is 0.114. The van der Waals surface area contributed by atoms with Crippen molar-refractivity contribution in [1.82, 2.24) is 4.90 Å². The van der Waals surface area contributed by atoms with E-state index in [0.29, 0.717) is 11.5 Å². The molecule has 3 nitrogen and oxygen atoms in total. The van der Waals surface area contributed by atoms with Crippen molar-refractivity contribution in [2.75, 3.05) is 11.9 Å². The molecule has 1 N–H and O–H groups in total. The van der Waals surface area contributed by atoms with Crippen molar-refractivity contribution in [3.8, 4) is 0 Å². The minimum absolute atomic E-state index is 0.114. The van der Waals surface area contributed by atoms with Crippen molar-refractivity contribution in [1.29, 1.82) is 0 Å². The van der Waals surface area contributed by atoms with Gasteiger partial charge in [0.1, 0.15) is 0 Å². The molecule has 0 aromatic heterocycles. The molecule has 0 aliphatic carbocycles. The number of anilines is 1. The Kier molecular flexibility index (Phi) is 2.97. The third kappa shape index (κ3) is 2.33. The highest BCUT2D eigenvalue weighted by Gasteiger charge is 2.23. The van der Waals surface area contributed by atoms with E-state index in [1.165, 1.54) is 0 Å². The van der Waals surface area contributed by atoms with Gasteiger partial charge >= 0.3 is 0 Å². The average molecular weight is 220 g/mol. The Balaban J connectivity index is 2.01. The Bertz CT molecular complexity index is 377. The third-order valence-electron chi connectivity index (χ3n) is 2.34. The summed E-state index contributed by atoms with van der Waals surface area (Å²) < 4.78 is 0. The molecule has 78 valence electrons. The van der Waals surface area contributed by atoms with Crippen LogP contribution in [-0.2, 0) is 4.79 Å². The van der Waals surface area contributed by atoms with Crippen LogP contribution in [-0.4, -0.2) is 22.5 Å². The molecule has 0 unspecified atom stereocenters. The zero-order chi connectivity index (χ0) is 10.7. The van der Waals surface area contributed by atoms with Gasteiger partial charge in [0.05, 0.1) is 0 Å². The first-order valence-corrected chi connectivity index (χ1v) is 5.34. The van der Waals surface area contributed by atoms with Crippen LogP contribution in [0.4, 0.5) is 5.69 Å². The standard InChI is InChI=1S/C11H12N2OS/c14-10-7-4-8-13(10)11(15)12-9-5-2-1-3-6-9/h1-3,5-6H,4,7-8H2,(H,12,15). The maximum Gasteiger partial charge on any atom is 0.228 e. The van der Waals surface area contributed by atoms with Crippen LogP contribution in [0.2, 0.25) is 0 Å². The number of hydrogen-bond acceptors (Lipinski definition) is 2. The number of likely N-dealkylation sites (tertiary alicyclic amines) is 1. The maximum absolute atomic E-state index is 11.4. The predicted molar refractivity (Wildman–Crippen MR) is 63.6 cm³/mol. The fourth-order valence-corrected chi connectivity index (χ4v) is 1.89. The van der Waals surface area contributed by atoms with Gasteiger partial charge in [-0.15, -0.1) is 0 Å². The van der Waals surface area contributed by atoms with Crippen molar-refractivity contribution < 1.29 is 4.79 Å². The lowest BCUT2D eigenvalue weighted by molar-refractivity contribution is -0.124. The van der Waals surface area contributed by atoms with Gasteiger partial charge in [0.25, 0.3) is 0 Å². The smallest absolute Gasteiger partial charge is 0.228 e. The Morgan fingerprint density at radius 2 is 2.07 bits per heavy atom. The SMILES string of the molecule is O=C1CCCN1C(=S)Nc1ccccc1. The first-order chi connectivity index (χ1) is 7.27. The minimum Gasteiger partial charge on any atom is -0.332 e. The van der Waals surface area contributed by atoms with Gasteiger partial charge in [-0.2, -0.15) is 0 Å². The Labute approximate surface area is 94.1 Å². The first kappa shape index (κ1) is 10.1. The molecule has 1 aliphatic rings. The highest BCUT2D eigenvalue weighted by molar-refractivity contribution is 7.80. The Morgan fingerprint density at radius 1 is 1.33 bits per heavy atom. The average Bonchev–Trinajstić information content (AvgIpc) is 2.66. The molecular formula is C11H12N2OS. The number of nitrogens with zero attached hydrogens (tertiary/aromatic N) is 1. The summed E-state index contributed by atoms with van der Waals surface area (Å²) in [5, 5.41) is 3.55. The van der Waals surface area contributed by atoms with E-state index in [9.17, 15) is 4.79 Å². The molecular weight excluding hydrogens is 208 g/mol. The largest absolute Gasteiger partial charge is 0.332 e. The quantitative estimate of drug-likeness (QED) is 0.735. The molecule has 1 amide bonds. The van der Waals surface area contributed by atoms with Crippen LogP contribution in [0.3, 0.4) is 0 Å². The van der Waals surface area contributed by atoms with Crippen molar-refractivity contribution in [3.63, 3.8) is 0 Å². The number of benzene rings is 1. The van der Waals surface area contributed by atoms with E-state index in [1.54, 1.807) is 4.90 Å². The molecule has 2 rings (SSSR count). The highest BCUT2D eigenvalue weighted by Crippen LogP contribution is 2.13. The Hall–Kier alpha value is -1.42. The highest BCUT2D eigenvalue weighted by atomic mass is 32.1. The van der Waals surface area contributed by atoms with Crippen molar-refractivity contribution in [2.45, 2.75) is 12.8 Å². The predicted octanol–water partition coefficient (Wildman–Crippen LogP) is 2.01. The first-order valence-electron chi connectivity index (χ1n) is 4.94. The molecule has 1 aromatic carbocycles. The number of carbonyl (C=O) groups is 1. The second kappa shape index (κ2) is 4.40. The van der Waals surface area contributed by atoms with Gasteiger partial charge in [-0.25, -0.2) is 0 Å². The van der Waals surface area contributed by atoms with Crippen LogP contribution in [0.1, 0.15) is 12.8 Å². The lowest BCUT2D eigenvalue weighted by Crippen LogP contribution is -2.35.